The summed E-state index contributed by atoms with van der Waals surface area (Å²) in [6, 6.07) is 10.00. The molecule has 2 aliphatic heterocycles. The number of carbonyl (C=O) groups excluding carboxylic acids is 1. The number of piperidine rings is 1. The van der Waals surface area contributed by atoms with Gasteiger partial charge < -0.3 is 19.4 Å². The van der Waals surface area contributed by atoms with Gasteiger partial charge in [-0.05, 0) is 67.5 Å². The van der Waals surface area contributed by atoms with Crippen LogP contribution in [0, 0.1) is 13.8 Å². The van der Waals surface area contributed by atoms with Gasteiger partial charge in [-0.2, -0.15) is 0 Å². The van der Waals surface area contributed by atoms with Crippen LogP contribution in [0.15, 0.2) is 36.4 Å². The normalized spacial score (nSPS) is 16.6. The number of hydrogen-bond donors (Lipinski definition) is 1. The Kier molecular flexibility index (Phi) is 6.51. The van der Waals surface area contributed by atoms with E-state index in [4.69, 9.17) is 9.72 Å². The number of benzene rings is 2. The number of rotatable bonds is 4. The zero-order valence-electron chi connectivity index (χ0n) is 20.2. The first kappa shape index (κ1) is 24.4. The van der Waals surface area contributed by atoms with E-state index in [-0.39, 0.29) is 17.6 Å². The summed E-state index contributed by atoms with van der Waals surface area (Å²) in [5.41, 5.74) is 6.50. The van der Waals surface area contributed by atoms with E-state index >= 15 is 0 Å². The van der Waals surface area contributed by atoms with Crippen molar-refractivity contribution in [1.29, 1.82) is 0 Å². The van der Waals surface area contributed by atoms with Crippen molar-refractivity contribution in [3.63, 3.8) is 0 Å². The molecule has 1 saturated heterocycles. The topological polar surface area (TPSA) is 67.5 Å². The van der Waals surface area contributed by atoms with Gasteiger partial charge in [0.2, 0.25) is 0 Å². The average molecular weight is 500 g/mol. The van der Waals surface area contributed by atoms with Crippen molar-refractivity contribution in [3.05, 3.63) is 70.0 Å². The molecule has 5 rings (SSSR count). The number of imidazole rings is 1. The van der Waals surface area contributed by atoms with Gasteiger partial charge in [0.05, 0.1) is 24.6 Å². The first-order valence-electron chi connectivity index (χ1n) is 12.1. The highest BCUT2D eigenvalue weighted by Gasteiger charge is 2.31. The molecule has 9 heteroatoms. The summed E-state index contributed by atoms with van der Waals surface area (Å²) >= 11 is 0. The number of aromatic amines is 1. The molecule has 0 atom stereocenters. The first-order chi connectivity index (χ1) is 17.2. The number of aryl methyl sites for hydroxylation is 2. The van der Waals surface area contributed by atoms with Crippen LogP contribution in [0.25, 0.3) is 11.4 Å². The summed E-state index contributed by atoms with van der Waals surface area (Å²) < 4.78 is 46.7. The predicted molar refractivity (Wildman–Crippen MR) is 128 cm³/mol. The second kappa shape index (κ2) is 9.61. The predicted octanol–water partition coefficient (Wildman–Crippen LogP) is 5.68. The number of hydrogen-bond acceptors (Lipinski definition) is 4. The van der Waals surface area contributed by atoms with Gasteiger partial charge in [-0.15, -0.1) is 13.2 Å². The molecule has 0 spiro atoms. The zero-order valence-corrected chi connectivity index (χ0v) is 20.2. The van der Waals surface area contributed by atoms with Gasteiger partial charge in [-0.25, -0.2) is 4.98 Å². The Labute approximate surface area is 207 Å². The fourth-order valence-corrected chi connectivity index (χ4v) is 5.11. The van der Waals surface area contributed by atoms with E-state index < -0.39 is 6.36 Å². The van der Waals surface area contributed by atoms with E-state index in [2.05, 4.69) is 9.72 Å². The molecule has 36 heavy (non-hydrogen) atoms. The van der Waals surface area contributed by atoms with Gasteiger partial charge in [0.1, 0.15) is 11.6 Å². The van der Waals surface area contributed by atoms with E-state index in [9.17, 15) is 18.0 Å². The molecule has 1 fully saturated rings. The van der Waals surface area contributed by atoms with E-state index in [1.807, 2.05) is 30.9 Å². The number of alkyl halides is 3. The van der Waals surface area contributed by atoms with Gasteiger partial charge in [0, 0.05) is 30.6 Å². The minimum atomic E-state index is -4.70. The Morgan fingerprint density at radius 1 is 1.11 bits per heavy atom. The monoisotopic (exact) mass is 499 g/mol. The van der Waals surface area contributed by atoms with Crippen molar-refractivity contribution >= 4 is 5.91 Å². The van der Waals surface area contributed by atoms with Crippen LogP contribution >= 0.6 is 0 Å². The third-order valence-corrected chi connectivity index (χ3v) is 7.02. The molecule has 3 aromatic rings. The molecular weight excluding hydrogens is 471 g/mol. The average Bonchev–Trinajstić information content (AvgIpc) is 3.27. The third kappa shape index (κ3) is 5.11. The van der Waals surface area contributed by atoms with Crippen LogP contribution in [-0.2, 0) is 17.8 Å². The van der Waals surface area contributed by atoms with Crippen LogP contribution < -0.4 is 4.74 Å². The number of aromatic nitrogens is 2. The number of H-pyrrole nitrogens is 1. The van der Waals surface area contributed by atoms with Gasteiger partial charge >= 0.3 is 6.36 Å². The lowest BCUT2D eigenvalue weighted by molar-refractivity contribution is -0.274. The summed E-state index contributed by atoms with van der Waals surface area (Å²) in [5.74, 6) is 0.698. The fourth-order valence-electron chi connectivity index (χ4n) is 5.11. The summed E-state index contributed by atoms with van der Waals surface area (Å²) in [6.07, 6.45) is -2.44. The van der Waals surface area contributed by atoms with Gasteiger partial charge in [-0.3, -0.25) is 4.79 Å². The quantitative estimate of drug-likeness (QED) is 0.501. The molecule has 2 aromatic carbocycles. The van der Waals surface area contributed by atoms with Crippen LogP contribution in [0.1, 0.15) is 57.2 Å². The van der Waals surface area contributed by atoms with Gasteiger partial charge in [-0.1, -0.05) is 18.2 Å². The number of carbonyl (C=O) groups is 1. The second-order valence-electron chi connectivity index (χ2n) is 9.48. The largest absolute Gasteiger partial charge is 0.573 e. The van der Waals surface area contributed by atoms with Crippen LogP contribution in [0.2, 0.25) is 0 Å². The number of ether oxygens (including phenoxy) is 2. The molecular formula is C27H28F3N3O3. The maximum absolute atomic E-state index is 13.5. The van der Waals surface area contributed by atoms with E-state index in [0.29, 0.717) is 31.9 Å². The third-order valence-electron chi connectivity index (χ3n) is 7.02. The lowest BCUT2D eigenvalue weighted by atomic mass is 9.89. The lowest BCUT2D eigenvalue weighted by Crippen LogP contribution is -2.38. The van der Waals surface area contributed by atoms with E-state index in [1.165, 1.54) is 12.1 Å². The molecule has 0 aliphatic carbocycles. The fraction of sp³-hybridized carbons (Fsp3) is 0.407. The Bertz CT molecular complexity index is 1240. The molecule has 6 nitrogen and oxygen atoms in total. The second-order valence-corrected chi connectivity index (χ2v) is 9.48. The Balaban J connectivity index is 1.28. The number of halogens is 3. The first-order valence-corrected chi connectivity index (χ1v) is 12.1. The number of nitrogens with one attached hydrogen (secondary N) is 1. The summed E-state index contributed by atoms with van der Waals surface area (Å²) in [7, 11) is 0. The van der Waals surface area contributed by atoms with Crippen molar-refractivity contribution in [3.8, 4) is 17.1 Å². The minimum absolute atomic E-state index is 0.0132. The number of nitrogens with zero attached hydrogens (tertiary/aromatic N) is 2. The van der Waals surface area contributed by atoms with Gasteiger partial charge in [0.15, 0.2) is 0 Å². The standard InChI is InChI=1S/C27H28F3N3O3/c1-16-13-17(2)22(14-21(16)25-31-23-9-12-35-15-24(23)32-25)26(34)33-10-7-19(8-11-33)18-3-5-20(6-4-18)36-27(28,29)30/h3-6,13-14,19H,7-12,15H2,1-2H3,(H,31,32). The molecule has 2 aliphatic rings. The maximum Gasteiger partial charge on any atom is 0.573 e. The number of likely N-dealkylation sites (tertiary alicyclic amines) is 1. The van der Waals surface area contributed by atoms with Crippen molar-refractivity contribution < 1.29 is 27.4 Å². The van der Waals surface area contributed by atoms with Crippen molar-refractivity contribution in [2.45, 2.75) is 52.0 Å². The van der Waals surface area contributed by atoms with Gasteiger partial charge in [0.25, 0.3) is 5.91 Å². The SMILES string of the molecule is Cc1cc(C)c(-c2nc3c([nH]2)COCC3)cc1C(=O)N1CCC(c2ccc(OC(F)(F)F)cc2)CC1. The maximum atomic E-state index is 13.5. The Morgan fingerprint density at radius 3 is 2.50 bits per heavy atom. The van der Waals surface area contributed by atoms with E-state index in [1.54, 1.807) is 12.1 Å². The Hall–Kier alpha value is -3.33. The number of amides is 1. The number of fused-ring (bicyclic) bond motifs is 1. The van der Waals surface area contributed by atoms with Crippen LogP contribution in [0.5, 0.6) is 5.75 Å². The summed E-state index contributed by atoms with van der Waals surface area (Å²) in [4.78, 5) is 23.5. The summed E-state index contributed by atoms with van der Waals surface area (Å²) in [5, 5.41) is 0. The molecule has 0 radical (unpaired) electrons. The molecule has 0 bridgehead atoms. The van der Waals surface area contributed by atoms with Crippen LogP contribution in [0.3, 0.4) is 0 Å². The highest BCUT2D eigenvalue weighted by molar-refractivity contribution is 5.97. The highest BCUT2D eigenvalue weighted by Crippen LogP contribution is 2.32. The molecule has 190 valence electrons. The molecule has 1 N–H and O–H groups in total. The van der Waals surface area contributed by atoms with Crippen molar-refractivity contribution in [2.24, 2.45) is 0 Å². The van der Waals surface area contributed by atoms with E-state index in [0.717, 1.165) is 58.7 Å². The molecule has 0 saturated carbocycles. The minimum Gasteiger partial charge on any atom is -0.406 e. The smallest absolute Gasteiger partial charge is 0.406 e. The summed E-state index contributed by atoms with van der Waals surface area (Å²) in [6.45, 7) is 6.31. The Morgan fingerprint density at radius 2 is 1.83 bits per heavy atom. The van der Waals surface area contributed by atoms with Crippen LogP contribution in [0.4, 0.5) is 13.2 Å². The highest BCUT2D eigenvalue weighted by atomic mass is 19.4. The lowest BCUT2D eigenvalue weighted by Gasteiger charge is -2.33. The van der Waals surface area contributed by atoms with Crippen molar-refractivity contribution in [1.82, 2.24) is 14.9 Å². The molecule has 1 amide bonds. The molecule has 3 heterocycles. The zero-order chi connectivity index (χ0) is 25.4. The van der Waals surface area contributed by atoms with Crippen molar-refractivity contribution in [2.75, 3.05) is 19.7 Å². The molecule has 1 aromatic heterocycles. The molecule has 0 unspecified atom stereocenters. The van der Waals surface area contributed by atoms with Crippen LogP contribution in [-0.4, -0.2) is 46.8 Å².